The maximum Gasteiger partial charge on any atom is 0.293 e. The number of benzene rings is 3. The molecule has 1 amide bonds. The van der Waals surface area contributed by atoms with E-state index in [1.54, 1.807) is 48.5 Å². The van der Waals surface area contributed by atoms with Gasteiger partial charge in [-0.3, -0.25) is 20.2 Å². The molecule has 0 aliphatic heterocycles. The summed E-state index contributed by atoms with van der Waals surface area (Å²) in [7, 11) is 0. The molecule has 0 saturated heterocycles. The minimum absolute atomic E-state index is 0.00187. The van der Waals surface area contributed by atoms with E-state index in [9.17, 15) is 14.9 Å². The van der Waals surface area contributed by atoms with Crippen molar-refractivity contribution in [1.29, 1.82) is 0 Å². The molecular formula is C24H15ClN6O4S. The molecule has 0 atom stereocenters. The highest BCUT2D eigenvalue weighted by atomic mass is 35.5. The smallest absolute Gasteiger partial charge is 0.293 e. The largest absolute Gasteiger partial charge is 0.451 e. The lowest BCUT2D eigenvalue weighted by molar-refractivity contribution is -0.384. The highest BCUT2D eigenvalue weighted by Crippen LogP contribution is 2.26. The van der Waals surface area contributed by atoms with E-state index in [0.717, 1.165) is 5.69 Å². The lowest BCUT2D eigenvalue weighted by atomic mass is 10.1. The summed E-state index contributed by atoms with van der Waals surface area (Å²) in [5.74, 6) is -0.252. The second-order valence-electron chi connectivity index (χ2n) is 7.55. The molecule has 0 saturated carbocycles. The minimum Gasteiger partial charge on any atom is -0.451 e. The number of carbonyl (C=O) groups is 1. The summed E-state index contributed by atoms with van der Waals surface area (Å²) in [4.78, 5) is 24.6. The van der Waals surface area contributed by atoms with Gasteiger partial charge in [-0.05, 0) is 66.8 Å². The van der Waals surface area contributed by atoms with Crippen LogP contribution in [-0.2, 0) is 0 Å². The molecule has 178 valence electrons. The van der Waals surface area contributed by atoms with E-state index in [-0.39, 0.29) is 16.6 Å². The maximum atomic E-state index is 12.6. The van der Waals surface area contributed by atoms with Crippen molar-refractivity contribution in [3.05, 3.63) is 99.8 Å². The van der Waals surface area contributed by atoms with Crippen molar-refractivity contribution >= 4 is 57.2 Å². The fraction of sp³-hybridized carbons (Fsp3) is 0. The number of rotatable bonds is 5. The van der Waals surface area contributed by atoms with Crippen molar-refractivity contribution in [1.82, 2.24) is 20.3 Å². The quantitative estimate of drug-likeness (QED) is 0.180. The number of nitrogens with one attached hydrogen (secondary N) is 2. The van der Waals surface area contributed by atoms with Gasteiger partial charge in [-0.25, -0.2) is 0 Å². The topological polar surface area (TPSA) is 128 Å². The third-order valence-electron chi connectivity index (χ3n) is 5.09. The van der Waals surface area contributed by atoms with Gasteiger partial charge in [0.15, 0.2) is 10.9 Å². The summed E-state index contributed by atoms with van der Waals surface area (Å²) in [6.45, 7) is 0. The number of halogens is 1. The summed E-state index contributed by atoms with van der Waals surface area (Å²) in [5.41, 5.74) is 3.06. The number of nitro groups is 1. The van der Waals surface area contributed by atoms with Crippen molar-refractivity contribution in [2.45, 2.75) is 0 Å². The molecule has 2 aromatic heterocycles. The molecule has 2 N–H and O–H groups in total. The zero-order chi connectivity index (χ0) is 25.2. The van der Waals surface area contributed by atoms with Crippen LogP contribution in [0.3, 0.4) is 0 Å². The summed E-state index contributed by atoms with van der Waals surface area (Å²) >= 11 is 11.2. The lowest BCUT2D eigenvalue weighted by Gasteiger charge is -2.08. The van der Waals surface area contributed by atoms with E-state index >= 15 is 0 Å². The lowest BCUT2D eigenvalue weighted by Crippen LogP contribution is -2.33. The number of nitro benzene ring substituents is 1. The monoisotopic (exact) mass is 518 g/mol. The van der Waals surface area contributed by atoms with Crippen LogP contribution in [0.2, 0.25) is 5.02 Å². The van der Waals surface area contributed by atoms with E-state index < -0.39 is 10.8 Å². The van der Waals surface area contributed by atoms with Crippen molar-refractivity contribution in [2.75, 3.05) is 5.32 Å². The van der Waals surface area contributed by atoms with Gasteiger partial charge < -0.3 is 9.73 Å². The van der Waals surface area contributed by atoms with Crippen LogP contribution in [0.5, 0.6) is 0 Å². The van der Waals surface area contributed by atoms with Crippen LogP contribution in [0, 0.1) is 10.1 Å². The molecule has 0 bridgehead atoms. The third kappa shape index (κ3) is 4.92. The van der Waals surface area contributed by atoms with E-state index in [1.807, 2.05) is 12.1 Å². The molecule has 12 heteroatoms. The van der Waals surface area contributed by atoms with E-state index in [2.05, 4.69) is 20.8 Å². The molecule has 0 aliphatic rings. The van der Waals surface area contributed by atoms with E-state index in [0.29, 0.717) is 33.1 Å². The van der Waals surface area contributed by atoms with Gasteiger partial charge in [0.2, 0.25) is 0 Å². The molecule has 10 nitrogen and oxygen atoms in total. The molecule has 2 heterocycles. The van der Waals surface area contributed by atoms with Crippen LogP contribution < -0.4 is 10.6 Å². The van der Waals surface area contributed by atoms with Gasteiger partial charge in [-0.2, -0.15) is 4.80 Å². The van der Waals surface area contributed by atoms with Crippen LogP contribution in [-0.4, -0.2) is 30.9 Å². The number of anilines is 1. The molecular weight excluding hydrogens is 504 g/mol. The highest BCUT2D eigenvalue weighted by Gasteiger charge is 2.16. The van der Waals surface area contributed by atoms with Crippen molar-refractivity contribution in [3.63, 3.8) is 0 Å². The molecule has 0 fully saturated rings. The third-order valence-corrected chi connectivity index (χ3v) is 5.55. The van der Waals surface area contributed by atoms with Gasteiger partial charge in [0, 0.05) is 28.4 Å². The minimum atomic E-state index is -0.570. The van der Waals surface area contributed by atoms with Crippen LogP contribution in [0.25, 0.3) is 28.0 Å². The molecule has 5 rings (SSSR count). The molecule has 5 aromatic rings. The molecule has 0 unspecified atom stereocenters. The Bertz CT molecular complexity index is 1630. The molecule has 0 radical (unpaired) electrons. The average molecular weight is 519 g/mol. The van der Waals surface area contributed by atoms with Gasteiger partial charge in [0.1, 0.15) is 16.8 Å². The molecule has 0 aliphatic carbocycles. The van der Waals surface area contributed by atoms with Gasteiger partial charge in [-0.1, -0.05) is 23.7 Å². The Kier molecular flexibility index (Phi) is 6.15. The first-order valence-corrected chi connectivity index (χ1v) is 11.2. The number of amides is 1. The molecule has 36 heavy (non-hydrogen) atoms. The normalized spacial score (nSPS) is 10.8. The van der Waals surface area contributed by atoms with Gasteiger partial charge in [0.25, 0.3) is 11.6 Å². The van der Waals surface area contributed by atoms with E-state index in [1.165, 1.54) is 23.0 Å². The van der Waals surface area contributed by atoms with Gasteiger partial charge >= 0.3 is 0 Å². The maximum absolute atomic E-state index is 12.6. The van der Waals surface area contributed by atoms with Crippen molar-refractivity contribution in [2.24, 2.45) is 0 Å². The Labute approximate surface area is 213 Å². The van der Waals surface area contributed by atoms with Gasteiger partial charge in [0.05, 0.1) is 10.6 Å². The Morgan fingerprint density at radius 3 is 2.56 bits per heavy atom. The molecule has 3 aromatic carbocycles. The number of aromatic nitrogens is 3. The average Bonchev–Trinajstić information content (AvgIpc) is 3.52. The Balaban J connectivity index is 1.26. The standard InChI is InChI=1S/C24H15ClN6O4S/c25-15-4-7-17(8-5-15)30-28-19-9-6-16(13-20(19)29-30)26-24(36)27-23(32)22-11-10-21(35-22)14-2-1-3-18(12-14)31(33)34/h1-13H,(H2,26,27,32,36). The fourth-order valence-corrected chi connectivity index (χ4v) is 3.73. The zero-order valence-electron chi connectivity index (χ0n) is 18.2. The SMILES string of the molecule is O=C(NC(=S)Nc1ccc2nn(-c3ccc(Cl)cc3)nc2c1)c1ccc(-c2cccc([N+](=O)[O-])c2)o1. The first kappa shape index (κ1) is 23.1. The summed E-state index contributed by atoms with van der Waals surface area (Å²) in [6, 6.07) is 21.4. The second-order valence-corrected chi connectivity index (χ2v) is 8.39. The Morgan fingerprint density at radius 2 is 1.78 bits per heavy atom. The zero-order valence-corrected chi connectivity index (χ0v) is 19.8. The number of thiocarbonyl (C=S) groups is 1. The first-order valence-electron chi connectivity index (χ1n) is 10.5. The van der Waals surface area contributed by atoms with Crippen molar-refractivity contribution < 1.29 is 14.1 Å². The predicted molar refractivity (Wildman–Crippen MR) is 138 cm³/mol. The predicted octanol–water partition coefficient (Wildman–Crippen LogP) is 5.37. The van der Waals surface area contributed by atoms with Gasteiger partial charge in [-0.15, -0.1) is 10.2 Å². The number of nitrogens with zero attached hydrogens (tertiary/aromatic N) is 4. The van der Waals surface area contributed by atoms with Crippen LogP contribution in [0.1, 0.15) is 10.6 Å². The Morgan fingerprint density at radius 1 is 1.00 bits per heavy atom. The first-order chi connectivity index (χ1) is 17.4. The van der Waals surface area contributed by atoms with E-state index in [4.69, 9.17) is 28.2 Å². The second kappa shape index (κ2) is 9.56. The number of furan rings is 1. The number of fused-ring (bicyclic) bond motifs is 1. The van der Waals surface area contributed by atoms with Crippen LogP contribution >= 0.6 is 23.8 Å². The molecule has 0 spiro atoms. The van der Waals surface area contributed by atoms with Crippen molar-refractivity contribution in [3.8, 4) is 17.0 Å². The number of hydrogen-bond acceptors (Lipinski definition) is 7. The summed E-state index contributed by atoms with van der Waals surface area (Å²) in [6.07, 6.45) is 0. The van der Waals surface area contributed by atoms with Crippen LogP contribution in [0.4, 0.5) is 11.4 Å². The summed E-state index contributed by atoms with van der Waals surface area (Å²) in [5, 5.41) is 26.1. The fourth-order valence-electron chi connectivity index (χ4n) is 3.40. The highest BCUT2D eigenvalue weighted by molar-refractivity contribution is 7.80. The number of hydrogen-bond donors (Lipinski definition) is 2. The number of non-ortho nitro benzene ring substituents is 1. The number of carbonyl (C=O) groups excluding carboxylic acids is 1. The summed E-state index contributed by atoms with van der Waals surface area (Å²) < 4.78 is 5.58. The van der Waals surface area contributed by atoms with Crippen LogP contribution in [0.15, 0.2) is 83.3 Å². The Hall–Kier alpha value is -4.61.